The van der Waals surface area contributed by atoms with Gasteiger partial charge in [-0.25, -0.2) is 4.98 Å². The molecule has 0 amide bonds. The van der Waals surface area contributed by atoms with Crippen LogP contribution < -0.4 is 5.32 Å². The van der Waals surface area contributed by atoms with Gasteiger partial charge in [0.25, 0.3) is 0 Å². The topological polar surface area (TPSA) is 34.2 Å². The molecule has 0 aliphatic heterocycles. The standard InChI is InChI=1S/C15H26N2OS/c1-5-10-16-15(8-6-13(18-4)7-9-15)14-17-11(2)12(3)19-14/h13,16H,5-10H2,1-4H3. The van der Waals surface area contributed by atoms with E-state index in [2.05, 4.69) is 26.1 Å². The molecule has 0 saturated heterocycles. The van der Waals surface area contributed by atoms with Gasteiger partial charge in [0, 0.05) is 12.0 Å². The molecule has 1 aromatic heterocycles. The minimum absolute atomic E-state index is 0.0920. The second kappa shape index (κ2) is 6.33. The summed E-state index contributed by atoms with van der Waals surface area (Å²) < 4.78 is 5.51. The van der Waals surface area contributed by atoms with E-state index in [0.29, 0.717) is 6.10 Å². The van der Waals surface area contributed by atoms with Crippen LogP contribution >= 0.6 is 11.3 Å². The van der Waals surface area contributed by atoms with Crippen LogP contribution in [0.2, 0.25) is 0 Å². The summed E-state index contributed by atoms with van der Waals surface area (Å²) in [5, 5.41) is 5.06. The zero-order chi connectivity index (χ0) is 13.9. The van der Waals surface area contributed by atoms with Gasteiger partial charge in [-0.05, 0) is 52.5 Å². The molecule has 1 heterocycles. The Morgan fingerprint density at radius 2 is 2.05 bits per heavy atom. The lowest BCUT2D eigenvalue weighted by Gasteiger charge is -2.39. The Kier molecular flexibility index (Phi) is 4.98. The third-order valence-electron chi connectivity index (χ3n) is 4.27. The quantitative estimate of drug-likeness (QED) is 0.897. The Hall–Kier alpha value is -0.450. The van der Waals surface area contributed by atoms with Gasteiger partial charge in [0.2, 0.25) is 0 Å². The van der Waals surface area contributed by atoms with Crippen LogP contribution in [-0.2, 0) is 10.3 Å². The smallest absolute Gasteiger partial charge is 0.113 e. The number of aryl methyl sites for hydroxylation is 2. The highest BCUT2D eigenvalue weighted by atomic mass is 32.1. The molecular weight excluding hydrogens is 256 g/mol. The SMILES string of the molecule is CCCNC1(c2nc(C)c(C)s2)CCC(OC)CC1. The van der Waals surface area contributed by atoms with Gasteiger partial charge in [0.05, 0.1) is 17.3 Å². The predicted octanol–water partition coefficient (Wildman–Crippen LogP) is 3.54. The van der Waals surface area contributed by atoms with Crippen LogP contribution in [0.5, 0.6) is 0 Å². The molecule has 1 aliphatic rings. The minimum Gasteiger partial charge on any atom is -0.381 e. The average Bonchev–Trinajstić information content (AvgIpc) is 2.77. The van der Waals surface area contributed by atoms with Crippen molar-refractivity contribution >= 4 is 11.3 Å². The fraction of sp³-hybridized carbons (Fsp3) is 0.800. The number of hydrogen-bond donors (Lipinski definition) is 1. The first-order valence-electron chi connectivity index (χ1n) is 7.33. The van der Waals surface area contributed by atoms with Crippen LogP contribution in [0.3, 0.4) is 0 Å². The summed E-state index contributed by atoms with van der Waals surface area (Å²) in [4.78, 5) is 6.17. The molecule has 108 valence electrons. The highest BCUT2D eigenvalue weighted by Gasteiger charge is 2.39. The average molecular weight is 282 g/mol. The van der Waals surface area contributed by atoms with Crippen molar-refractivity contribution in [3.8, 4) is 0 Å². The molecule has 1 aliphatic carbocycles. The highest BCUT2D eigenvalue weighted by molar-refractivity contribution is 7.11. The number of nitrogens with zero attached hydrogens (tertiary/aromatic N) is 1. The van der Waals surface area contributed by atoms with Crippen LogP contribution in [-0.4, -0.2) is 24.7 Å². The monoisotopic (exact) mass is 282 g/mol. The largest absolute Gasteiger partial charge is 0.381 e. The van der Waals surface area contributed by atoms with Crippen LogP contribution in [0.25, 0.3) is 0 Å². The van der Waals surface area contributed by atoms with Gasteiger partial charge in [0.1, 0.15) is 5.01 Å². The predicted molar refractivity (Wildman–Crippen MR) is 80.8 cm³/mol. The summed E-state index contributed by atoms with van der Waals surface area (Å²) in [5.74, 6) is 0. The first kappa shape index (κ1) is 14.9. The normalized spacial score (nSPS) is 27.7. The van der Waals surface area contributed by atoms with Crippen molar-refractivity contribution in [3.05, 3.63) is 15.6 Å². The Bertz CT molecular complexity index is 389. The van der Waals surface area contributed by atoms with E-state index in [0.717, 1.165) is 32.2 Å². The molecule has 0 radical (unpaired) electrons. The molecule has 1 aromatic rings. The Morgan fingerprint density at radius 1 is 1.37 bits per heavy atom. The van der Waals surface area contributed by atoms with E-state index in [1.165, 1.54) is 22.0 Å². The van der Waals surface area contributed by atoms with Gasteiger partial charge < -0.3 is 10.1 Å². The number of ether oxygens (including phenoxy) is 1. The van der Waals surface area contributed by atoms with Gasteiger partial charge in [-0.15, -0.1) is 11.3 Å². The maximum Gasteiger partial charge on any atom is 0.113 e. The molecular formula is C15H26N2OS. The summed E-state index contributed by atoms with van der Waals surface area (Å²) in [6.45, 7) is 7.57. The third kappa shape index (κ3) is 3.18. The lowest BCUT2D eigenvalue weighted by molar-refractivity contribution is 0.0403. The van der Waals surface area contributed by atoms with Gasteiger partial charge in [0.15, 0.2) is 0 Å². The molecule has 1 fully saturated rings. The van der Waals surface area contributed by atoms with Crippen LogP contribution in [0.4, 0.5) is 0 Å². The lowest BCUT2D eigenvalue weighted by Crippen LogP contribution is -2.46. The van der Waals surface area contributed by atoms with E-state index in [-0.39, 0.29) is 5.54 Å². The van der Waals surface area contributed by atoms with E-state index in [4.69, 9.17) is 9.72 Å². The summed E-state index contributed by atoms with van der Waals surface area (Å²) in [7, 11) is 1.83. The molecule has 1 saturated carbocycles. The number of methoxy groups -OCH3 is 1. The summed E-state index contributed by atoms with van der Waals surface area (Å²) in [6, 6.07) is 0. The highest BCUT2D eigenvalue weighted by Crippen LogP contribution is 2.40. The molecule has 2 rings (SSSR count). The summed E-state index contributed by atoms with van der Waals surface area (Å²) in [6.07, 6.45) is 6.13. The van der Waals surface area contributed by atoms with Gasteiger partial charge >= 0.3 is 0 Å². The number of aromatic nitrogens is 1. The zero-order valence-corrected chi connectivity index (χ0v) is 13.4. The van der Waals surface area contributed by atoms with Crippen molar-refractivity contribution < 1.29 is 4.74 Å². The first-order valence-corrected chi connectivity index (χ1v) is 8.15. The molecule has 0 unspecified atom stereocenters. The Labute approximate surface area is 120 Å². The van der Waals surface area contributed by atoms with E-state index < -0.39 is 0 Å². The van der Waals surface area contributed by atoms with Gasteiger partial charge in [-0.2, -0.15) is 0 Å². The molecule has 0 bridgehead atoms. The fourth-order valence-corrected chi connectivity index (χ4v) is 3.97. The van der Waals surface area contributed by atoms with Crippen molar-refractivity contribution in [1.82, 2.24) is 10.3 Å². The maximum atomic E-state index is 5.51. The number of hydrogen-bond acceptors (Lipinski definition) is 4. The van der Waals surface area contributed by atoms with E-state index in [1.54, 1.807) is 0 Å². The van der Waals surface area contributed by atoms with Crippen molar-refractivity contribution in [2.45, 2.75) is 64.5 Å². The van der Waals surface area contributed by atoms with E-state index in [9.17, 15) is 0 Å². The van der Waals surface area contributed by atoms with Crippen molar-refractivity contribution in [1.29, 1.82) is 0 Å². The van der Waals surface area contributed by atoms with Crippen molar-refractivity contribution in [3.63, 3.8) is 0 Å². The maximum absolute atomic E-state index is 5.51. The fourth-order valence-electron chi connectivity index (χ4n) is 2.83. The minimum atomic E-state index is 0.0920. The van der Waals surface area contributed by atoms with Crippen LogP contribution in [0.1, 0.15) is 54.6 Å². The van der Waals surface area contributed by atoms with Crippen molar-refractivity contribution in [2.24, 2.45) is 0 Å². The molecule has 0 aromatic carbocycles. The summed E-state index contributed by atoms with van der Waals surface area (Å²) in [5.41, 5.74) is 1.28. The van der Waals surface area contributed by atoms with Gasteiger partial charge in [-0.3, -0.25) is 0 Å². The van der Waals surface area contributed by atoms with E-state index >= 15 is 0 Å². The zero-order valence-electron chi connectivity index (χ0n) is 12.6. The van der Waals surface area contributed by atoms with Crippen molar-refractivity contribution in [2.75, 3.05) is 13.7 Å². The second-order valence-electron chi connectivity index (χ2n) is 5.60. The second-order valence-corrected chi connectivity index (χ2v) is 6.81. The Morgan fingerprint density at radius 3 is 2.53 bits per heavy atom. The molecule has 0 atom stereocenters. The van der Waals surface area contributed by atoms with Crippen LogP contribution in [0, 0.1) is 13.8 Å². The third-order valence-corrected chi connectivity index (χ3v) is 5.55. The summed E-state index contributed by atoms with van der Waals surface area (Å²) >= 11 is 1.86. The van der Waals surface area contributed by atoms with Gasteiger partial charge in [-0.1, -0.05) is 6.92 Å². The number of thiazole rings is 1. The van der Waals surface area contributed by atoms with Crippen LogP contribution in [0.15, 0.2) is 0 Å². The Balaban J connectivity index is 2.20. The number of rotatable bonds is 5. The number of nitrogens with one attached hydrogen (secondary N) is 1. The van der Waals surface area contributed by atoms with E-state index in [1.807, 2.05) is 18.4 Å². The molecule has 0 spiro atoms. The molecule has 4 heteroatoms. The molecule has 1 N–H and O–H groups in total. The first-order chi connectivity index (χ1) is 9.11. The molecule has 19 heavy (non-hydrogen) atoms. The molecule has 3 nitrogen and oxygen atoms in total. The lowest BCUT2D eigenvalue weighted by atomic mass is 9.80.